The molecule has 2 heterocycles. The fourth-order valence-corrected chi connectivity index (χ4v) is 2.77. The van der Waals surface area contributed by atoms with Crippen molar-refractivity contribution in [2.24, 2.45) is 0 Å². The third-order valence-corrected chi connectivity index (χ3v) is 3.88. The predicted octanol–water partition coefficient (Wildman–Crippen LogP) is 0.782. The minimum absolute atomic E-state index is 0.133. The number of nitrogens with one attached hydrogen (secondary N) is 1. The number of amides is 1. The molecule has 5 nitrogen and oxygen atoms in total. The molecule has 2 fully saturated rings. The molecule has 2 atom stereocenters. The molecule has 0 aromatic rings. The second-order valence-electron chi connectivity index (χ2n) is 5.42. The normalized spacial score (nSPS) is 28.4. The van der Waals surface area contributed by atoms with Crippen LogP contribution in [-0.4, -0.2) is 62.9 Å². The zero-order chi connectivity index (χ0) is 13.5. The lowest BCUT2D eigenvalue weighted by Gasteiger charge is -2.33. The summed E-state index contributed by atoms with van der Waals surface area (Å²) in [6, 6.07) is 0. The monoisotopic (exact) mass is 270 g/mol. The Balaban J connectivity index is 1.69. The second kappa shape index (κ2) is 7.82. The third-order valence-electron chi connectivity index (χ3n) is 3.88. The summed E-state index contributed by atoms with van der Waals surface area (Å²) >= 11 is 0. The number of likely N-dealkylation sites (N-methyl/N-ethyl adjacent to an activating group) is 1. The molecule has 2 saturated heterocycles. The van der Waals surface area contributed by atoms with Gasteiger partial charge in [-0.05, 0) is 32.7 Å². The Morgan fingerprint density at radius 1 is 1.26 bits per heavy atom. The van der Waals surface area contributed by atoms with E-state index in [-0.39, 0.29) is 12.0 Å². The van der Waals surface area contributed by atoms with Gasteiger partial charge in [-0.25, -0.2) is 0 Å². The zero-order valence-electron chi connectivity index (χ0n) is 11.9. The maximum atomic E-state index is 12.2. The molecule has 0 radical (unpaired) electrons. The first-order valence-electron chi connectivity index (χ1n) is 7.45. The number of rotatable bonds is 5. The van der Waals surface area contributed by atoms with Crippen LogP contribution in [0, 0.1) is 0 Å². The lowest BCUT2D eigenvalue weighted by Crippen LogP contribution is -2.48. The molecule has 2 rings (SSSR count). The van der Waals surface area contributed by atoms with Gasteiger partial charge in [0, 0.05) is 32.7 Å². The van der Waals surface area contributed by atoms with E-state index in [0.717, 1.165) is 32.5 Å². The number of ether oxygens (including phenoxy) is 2. The van der Waals surface area contributed by atoms with Gasteiger partial charge in [0.05, 0.1) is 18.8 Å². The molecule has 19 heavy (non-hydrogen) atoms. The Morgan fingerprint density at radius 3 is 2.84 bits per heavy atom. The summed E-state index contributed by atoms with van der Waals surface area (Å²) in [5.41, 5.74) is 0. The first kappa shape index (κ1) is 14.8. The van der Waals surface area contributed by atoms with Crippen LogP contribution in [0.2, 0.25) is 0 Å². The first-order chi connectivity index (χ1) is 9.29. The van der Waals surface area contributed by atoms with E-state index in [4.69, 9.17) is 9.47 Å². The zero-order valence-corrected chi connectivity index (χ0v) is 11.9. The Morgan fingerprint density at radius 2 is 2.11 bits per heavy atom. The molecule has 0 aliphatic carbocycles. The van der Waals surface area contributed by atoms with E-state index in [1.165, 1.54) is 12.8 Å². The van der Waals surface area contributed by atoms with Crippen molar-refractivity contribution in [1.29, 1.82) is 0 Å². The minimum atomic E-state index is 0.133. The van der Waals surface area contributed by atoms with Gasteiger partial charge in [-0.1, -0.05) is 0 Å². The van der Waals surface area contributed by atoms with Gasteiger partial charge in [0.25, 0.3) is 0 Å². The summed E-state index contributed by atoms with van der Waals surface area (Å²) in [6.45, 7) is 3.75. The van der Waals surface area contributed by atoms with Crippen LogP contribution < -0.4 is 5.32 Å². The molecule has 2 aliphatic heterocycles. The van der Waals surface area contributed by atoms with E-state index >= 15 is 0 Å². The van der Waals surface area contributed by atoms with Gasteiger partial charge >= 0.3 is 0 Å². The second-order valence-corrected chi connectivity index (χ2v) is 5.42. The van der Waals surface area contributed by atoms with Crippen molar-refractivity contribution < 1.29 is 14.3 Å². The molecule has 110 valence electrons. The van der Waals surface area contributed by atoms with Crippen molar-refractivity contribution >= 4 is 5.91 Å². The average molecular weight is 270 g/mol. The fraction of sp³-hybridized carbons (Fsp3) is 0.929. The highest BCUT2D eigenvalue weighted by atomic mass is 16.5. The van der Waals surface area contributed by atoms with E-state index < -0.39 is 0 Å². The maximum Gasteiger partial charge on any atom is 0.222 e. The van der Waals surface area contributed by atoms with Gasteiger partial charge < -0.3 is 19.7 Å². The van der Waals surface area contributed by atoms with Gasteiger partial charge in [0.15, 0.2) is 0 Å². The van der Waals surface area contributed by atoms with Crippen LogP contribution in [0.25, 0.3) is 0 Å². The van der Waals surface area contributed by atoms with Crippen LogP contribution in [0.3, 0.4) is 0 Å². The van der Waals surface area contributed by atoms with Crippen LogP contribution in [-0.2, 0) is 14.3 Å². The summed E-state index contributed by atoms with van der Waals surface area (Å²) in [6.07, 6.45) is 5.42. The maximum absolute atomic E-state index is 12.2. The number of hydrogen-bond acceptors (Lipinski definition) is 4. The van der Waals surface area contributed by atoms with E-state index in [9.17, 15) is 4.79 Å². The molecule has 1 amide bonds. The van der Waals surface area contributed by atoms with Crippen LogP contribution in [0.1, 0.15) is 32.1 Å². The average Bonchev–Trinajstić information content (AvgIpc) is 2.46. The van der Waals surface area contributed by atoms with Gasteiger partial charge in [0.1, 0.15) is 0 Å². The highest BCUT2D eigenvalue weighted by molar-refractivity contribution is 5.76. The van der Waals surface area contributed by atoms with Gasteiger partial charge in [-0.2, -0.15) is 0 Å². The molecule has 2 aliphatic rings. The number of carbonyl (C=O) groups is 1. The summed E-state index contributed by atoms with van der Waals surface area (Å²) in [7, 11) is 1.91. The number of carbonyl (C=O) groups excluding carboxylic acids is 1. The molecule has 0 saturated carbocycles. The smallest absolute Gasteiger partial charge is 0.222 e. The number of morpholine rings is 1. The summed E-state index contributed by atoms with van der Waals surface area (Å²) in [5, 5.41) is 3.10. The highest BCUT2D eigenvalue weighted by Crippen LogP contribution is 2.18. The minimum Gasteiger partial charge on any atom is -0.378 e. The molecule has 2 unspecified atom stereocenters. The third kappa shape index (κ3) is 4.75. The van der Waals surface area contributed by atoms with Crippen molar-refractivity contribution in [3.05, 3.63) is 0 Å². The molecule has 0 bridgehead atoms. The van der Waals surface area contributed by atoms with Gasteiger partial charge in [-0.3, -0.25) is 4.79 Å². The quantitative estimate of drug-likeness (QED) is 0.802. The number of hydrogen-bond donors (Lipinski definition) is 1. The molecule has 0 spiro atoms. The Hall–Kier alpha value is -0.650. The van der Waals surface area contributed by atoms with E-state index in [1.54, 1.807) is 0 Å². The first-order valence-corrected chi connectivity index (χ1v) is 7.45. The van der Waals surface area contributed by atoms with Crippen molar-refractivity contribution in [2.75, 3.05) is 39.9 Å². The van der Waals surface area contributed by atoms with Crippen molar-refractivity contribution in [2.45, 2.75) is 44.3 Å². The van der Waals surface area contributed by atoms with Crippen molar-refractivity contribution in [3.63, 3.8) is 0 Å². The van der Waals surface area contributed by atoms with Crippen LogP contribution in [0.15, 0.2) is 0 Å². The predicted molar refractivity (Wildman–Crippen MR) is 73.1 cm³/mol. The Labute approximate surface area is 115 Å². The molecule has 0 aromatic heterocycles. The molecular weight excluding hydrogens is 244 g/mol. The topological polar surface area (TPSA) is 50.8 Å². The largest absolute Gasteiger partial charge is 0.378 e. The standard InChI is InChI=1S/C14H26N2O3/c1-15-10-13-11-16(7-9-19-13)14(17)6-5-12-4-2-3-8-18-12/h12-13,15H,2-11H2,1H3. The summed E-state index contributed by atoms with van der Waals surface area (Å²) < 4.78 is 11.3. The molecule has 5 heteroatoms. The highest BCUT2D eigenvalue weighted by Gasteiger charge is 2.24. The van der Waals surface area contributed by atoms with E-state index in [1.807, 2.05) is 11.9 Å². The van der Waals surface area contributed by atoms with Gasteiger partial charge in [-0.15, -0.1) is 0 Å². The summed E-state index contributed by atoms with van der Waals surface area (Å²) in [4.78, 5) is 14.1. The van der Waals surface area contributed by atoms with Crippen molar-refractivity contribution in [3.8, 4) is 0 Å². The molecular formula is C14H26N2O3. The summed E-state index contributed by atoms with van der Waals surface area (Å²) in [5.74, 6) is 0.249. The van der Waals surface area contributed by atoms with Crippen LogP contribution in [0.4, 0.5) is 0 Å². The Bertz CT molecular complexity index is 278. The van der Waals surface area contributed by atoms with Crippen LogP contribution in [0.5, 0.6) is 0 Å². The Kier molecular flexibility index (Phi) is 6.07. The van der Waals surface area contributed by atoms with E-state index in [0.29, 0.717) is 25.7 Å². The molecule has 1 N–H and O–H groups in total. The van der Waals surface area contributed by atoms with Crippen LogP contribution >= 0.6 is 0 Å². The lowest BCUT2D eigenvalue weighted by atomic mass is 10.0. The fourth-order valence-electron chi connectivity index (χ4n) is 2.77. The van der Waals surface area contributed by atoms with E-state index in [2.05, 4.69) is 5.32 Å². The molecule has 0 aromatic carbocycles. The van der Waals surface area contributed by atoms with Crippen molar-refractivity contribution in [1.82, 2.24) is 10.2 Å². The number of nitrogens with zero attached hydrogens (tertiary/aromatic N) is 1. The SMILES string of the molecule is CNCC1CN(C(=O)CCC2CCCCO2)CCO1. The lowest BCUT2D eigenvalue weighted by molar-refractivity contribution is -0.139. The van der Waals surface area contributed by atoms with Gasteiger partial charge in [0.2, 0.25) is 5.91 Å².